The second-order valence-electron chi connectivity index (χ2n) is 5.49. The number of benzene rings is 1. The van der Waals surface area contributed by atoms with E-state index >= 15 is 0 Å². The molecule has 0 aliphatic rings. The first-order valence-corrected chi connectivity index (χ1v) is 6.30. The molecule has 0 aromatic heterocycles. The van der Waals surface area contributed by atoms with Crippen LogP contribution in [0.4, 0.5) is 5.69 Å². The molecule has 0 fully saturated rings. The van der Waals surface area contributed by atoms with Crippen LogP contribution in [-0.2, 0) is 0 Å². The number of nitrogens with one attached hydrogen (secondary N) is 1. The SMILES string of the molecule is CC(C)(C)CCNC(=O)c1cc([N+](=O)[O-])ccc1Cl. The van der Waals surface area contributed by atoms with Gasteiger partial charge in [0.1, 0.15) is 0 Å². The number of nitro groups is 1. The quantitative estimate of drug-likeness (QED) is 0.680. The third-order valence-electron chi connectivity index (χ3n) is 2.57. The Morgan fingerprint density at radius 3 is 2.58 bits per heavy atom. The lowest BCUT2D eigenvalue weighted by Gasteiger charge is -2.18. The zero-order chi connectivity index (χ0) is 14.6. The summed E-state index contributed by atoms with van der Waals surface area (Å²) in [6.07, 6.45) is 0.811. The van der Waals surface area contributed by atoms with Crippen molar-refractivity contribution in [2.75, 3.05) is 6.54 Å². The van der Waals surface area contributed by atoms with Gasteiger partial charge in [-0.3, -0.25) is 14.9 Å². The van der Waals surface area contributed by atoms with Crippen molar-refractivity contribution >= 4 is 23.2 Å². The third-order valence-corrected chi connectivity index (χ3v) is 2.90. The minimum absolute atomic E-state index is 0.111. The van der Waals surface area contributed by atoms with Crippen molar-refractivity contribution in [2.24, 2.45) is 5.41 Å². The molecule has 0 radical (unpaired) electrons. The fourth-order valence-electron chi connectivity index (χ4n) is 1.45. The first kappa shape index (κ1) is 15.4. The van der Waals surface area contributed by atoms with Gasteiger partial charge in [-0.2, -0.15) is 0 Å². The molecular weight excluding hydrogens is 268 g/mol. The Labute approximate surface area is 117 Å². The molecule has 0 heterocycles. The molecule has 1 aromatic rings. The van der Waals surface area contributed by atoms with Crippen LogP contribution in [0.2, 0.25) is 5.02 Å². The maximum absolute atomic E-state index is 11.9. The van der Waals surface area contributed by atoms with E-state index in [1.807, 2.05) is 0 Å². The fraction of sp³-hybridized carbons (Fsp3) is 0.462. The van der Waals surface area contributed by atoms with Gasteiger partial charge >= 0.3 is 0 Å². The van der Waals surface area contributed by atoms with E-state index < -0.39 is 10.8 Å². The number of carbonyl (C=O) groups excluding carboxylic acids is 1. The number of hydrogen-bond acceptors (Lipinski definition) is 3. The minimum Gasteiger partial charge on any atom is -0.352 e. The first-order valence-electron chi connectivity index (χ1n) is 5.93. The Hall–Kier alpha value is -1.62. The molecule has 0 saturated carbocycles. The molecule has 0 bridgehead atoms. The number of halogens is 1. The molecule has 0 saturated heterocycles. The number of rotatable bonds is 4. The molecule has 104 valence electrons. The molecule has 5 nitrogen and oxygen atoms in total. The Bertz CT molecular complexity index is 495. The normalized spacial score (nSPS) is 11.2. The highest BCUT2D eigenvalue weighted by atomic mass is 35.5. The third kappa shape index (κ3) is 4.87. The van der Waals surface area contributed by atoms with Crippen molar-refractivity contribution in [3.05, 3.63) is 38.9 Å². The predicted molar refractivity (Wildman–Crippen MR) is 74.5 cm³/mol. The fourth-order valence-corrected chi connectivity index (χ4v) is 1.65. The highest BCUT2D eigenvalue weighted by Crippen LogP contribution is 2.22. The molecule has 0 spiro atoms. The van der Waals surface area contributed by atoms with E-state index in [-0.39, 0.29) is 21.7 Å². The van der Waals surface area contributed by atoms with Crippen molar-refractivity contribution in [2.45, 2.75) is 27.2 Å². The number of nitrogens with zero attached hydrogens (tertiary/aromatic N) is 1. The number of nitro benzene ring substituents is 1. The van der Waals surface area contributed by atoms with Gasteiger partial charge < -0.3 is 5.32 Å². The van der Waals surface area contributed by atoms with Crippen molar-refractivity contribution < 1.29 is 9.72 Å². The minimum atomic E-state index is -0.553. The van der Waals surface area contributed by atoms with Gasteiger partial charge in [0.05, 0.1) is 15.5 Å². The Morgan fingerprint density at radius 1 is 1.42 bits per heavy atom. The second-order valence-corrected chi connectivity index (χ2v) is 5.90. The van der Waals surface area contributed by atoms with Gasteiger partial charge in [-0.25, -0.2) is 0 Å². The molecule has 1 aromatic carbocycles. The molecule has 1 rings (SSSR count). The van der Waals surface area contributed by atoms with E-state index in [0.29, 0.717) is 6.54 Å². The summed E-state index contributed by atoms with van der Waals surface area (Å²) in [6, 6.07) is 3.82. The van der Waals surface area contributed by atoms with Crippen LogP contribution in [0.3, 0.4) is 0 Å². The Morgan fingerprint density at radius 2 is 2.05 bits per heavy atom. The smallest absolute Gasteiger partial charge is 0.270 e. The summed E-state index contributed by atoms with van der Waals surface area (Å²) >= 11 is 5.88. The molecule has 0 atom stereocenters. The van der Waals surface area contributed by atoms with Gasteiger partial charge in [-0.05, 0) is 17.9 Å². The average Bonchev–Trinajstić information content (AvgIpc) is 2.27. The van der Waals surface area contributed by atoms with Crippen LogP contribution < -0.4 is 5.32 Å². The lowest BCUT2D eigenvalue weighted by atomic mass is 9.92. The van der Waals surface area contributed by atoms with Crippen LogP contribution in [0.5, 0.6) is 0 Å². The van der Waals surface area contributed by atoms with Gasteiger partial charge in [0.2, 0.25) is 0 Å². The van der Waals surface area contributed by atoms with Crippen LogP contribution in [0.25, 0.3) is 0 Å². The highest BCUT2D eigenvalue weighted by Gasteiger charge is 2.16. The van der Waals surface area contributed by atoms with E-state index in [1.54, 1.807) is 0 Å². The maximum Gasteiger partial charge on any atom is 0.270 e. The van der Waals surface area contributed by atoms with E-state index in [2.05, 4.69) is 26.1 Å². The number of hydrogen-bond donors (Lipinski definition) is 1. The van der Waals surface area contributed by atoms with Crippen LogP contribution in [0.1, 0.15) is 37.6 Å². The molecule has 1 amide bonds. The summed E-state index contributed by atoms with van der Waals surface area (Å²) in [5, 5.41) is 13.6. The van der Waals surface area contributed by atoms with Crippen molar-refractivity contribution in [3.8, 4) is 0 Å². The lowest BCUT2D eigenvalue weighted by Crippen LogP contribution is -2.27. The zero-order valence-electron chi connectivity index (χ0n) is 11.2. The largest absolute Gasteiger partial charge is 0.352 e. The molecule has 0 aliphatic heterocycles. The predicted octanol–water partition coefficient (Wildman–Crippen LogP) is 3.41. The molecule has 0 unspecified atom stereocenters. The topological polar surface area (TPSA) is 72.2 Å². The van der Waals surface area contributed by atoms with Crippen molar-refractivity contribution in [3.63, 3.8) is 0 Å². The van der Waals surface area contributed by atoms with Gasteiger partial charge in [0, 0.05) is 18.7 Å². The number of amides is 1. The highest BCUT2D eigenvalue weighted by molar-refractivity contribution is 6.33. The molecular formula is C13H17ClN2O3. The van der Waals surface area contributed by atoms with Crippen LogP contribution in [0.15, 0.2) is 18.2 Å². The van der Waals surface area contributed by atoms with E-state index in [4.69, 9.17) is 11.6 Å². The van der Waals surface area contributed by atoms with Gasteiger partial charge in [0.25, 0.3) is 11.6 Å². The van der Waals surface area contributed by atoms with Crippen molar-refractivity contribution in [1.29, 1.82) is 0 Å². The summed E-state index contributed by atoms with van der Waals surface area (Å²) in [7, 11) is 0. The number of carbonyl (C=O) groups is 1. The van der Waals surface area contributed by atoms with Gasteiger partial charge in [0.15, 0.2) is 0 Å². The number of non-ortho nitro benzene ring substituents is 1. The molecule has 0 aliphatic carbocycles. The zero-order valence-corrected chi connectivity index (χ0v) is 12.0. The van der Waals surface area contributed by atoms with Crippen molar-refractivity contribution in [1.82, 2.24) is 5.32 Å². The van der Waals surface area contributed by atoms with Gasteiger partial charge in [-0.1, -0.05) is 32.4 Å². The standard InChI is InChI=1S/C13H17ClN2O3/c1-13(2,3)6-7-15-12(17)10-8-9(16(18)19)4-5-11(10)14/h4-5,8H,6-7H2,1-3H3,(H,15,17). The van der Waals surface area contributed by atoms with Gasteiger partial charge in [-0.15, -0.1) is 0 Å². The molecule has 1 N–H and O–H groups in total. The summed E-state index contributed by atoms with van der Waals surface area (Å²) in [5.74, 6) is -0.391. The van der Waals surface area contributed by atoms with E-state index in [1.165, 1.54) is 18.2 Å². The monoisotopic (exact) mass is 284 g/mol. The van der Waals surface area contributed by atoms with Crippen LogP contribution >= 0.6 is 11.6 Å². The Balaban J connectivity index is 2.76. The maximum atomic E-state index is 11.9. The van der Waals surface area contributed by atoms with Crippen LogP contribution in [0, 0.1) is 15.5 Å². The van der Waals surface area contributed by atoms with E-state index in [0.717, 1.165) is 6.42 Å². The molecule has 6 heteroatoms. The summed E-state index contributed by atoms with van der Waals surface area (Å²) in [6.45, 7) is 6.71. The van der Waals surface area contributed by atoms with Crippen LogP contribution in [-0.4, -0.2) is 17.4 Å². The second kappa shape index (κ2) is 6.02. The summed E-state index contributed by atoms with van der Waals surface area (Å²) in [5.41, 5.74) is 0.0925. The summed E-state index contributed by atoms with van der Waals surface area (Å²) in [4.78, 5) is 22.0. The lowest BCUT2D eigenvalue weighted by molar-refractivity contribution is -0.384. The molecule has 19 heavy (non-hydrogen) atoms. The first-order chi connectivity index (χ1) is 8.70. The van der Waals surface area contributed by atoms with E-state index in [9.17, 15) is 14.9 Å². The Kier molecular flexibility index (Phi) is 4.89. The summed E-state index contributed by atoms with van der Waals surface area (Å²) < 4.78 is 0. The average molecular weight is 285 g/mol.